The highest BCUT2D eigenvalue weighted by atomic mass is 16.3. The minimum Gasteiger partial charge on any atom is -0.456 e. The molecule has 5 heteroatoms. The van der Waals surface area contributed by atoms with Gasteiger partial charge >= 0.3 is 0 Å². The largest absolute Gasteiger partial charge is 0.456 e. The van der Waals surface area contributed by atoms with Crippen LogP contribution in [-0.2, 0) is 0 Å². The molecular weight excluding hydrogens is 685 g/mol. The van der Waals surface area contributed by atoms with Crippen molar-refractivity contribution >= 4 is 43.7 Å². The minimum absolute atomic E-state index is 0.385. The first kappa shape index (κ1) is 32.1. The molecule has 0 saturated heterocycles. The maximum absolute atomic E-state index is 6.67. The van der Waals surface area contributed by atoms with Crippen LogP contribution < -0.4 is 0 Å². The summed E-state index contributed by atoms with van der Waals surface area (Å²) in [6, 6.07) is 57.2. The van der Waals surface area contributed by atoms with E-state index in [1.807, 2.05) is 48.5 Å². The van der Waals surface area contributed by atoms with Gasteiger partial charge in [-0.2, -0.15) is 0 Å². The van der Waals surface area contributed by atoms with Crippen molar-refractivity contribution in [2.24, 2.45) is 0 Å². The first-order valence-electron chi connectivity index (χ1n) is 19.0. The molecule has 1 unspecified atom stereocenters. The molecule has 1 aliphatic carbocycles. The Hall–Kier alpha value is -7.37. The number of hydrogen-bond acceptors (Lipinski definition) is 4. The van der Waals surface area contributed by atoms with Gasteiger partial charge in [0.2, 0.25) is 0 Å². The van der Waals surface area contributed by atoms with Gasteiger partial charge in [-0.15, -0.1) is 0 Å². The van der Waals surface area contributed by atoms with Crippen LogP contribution in [0.15, 0.2) is 193 Å². The molecule has 10 aromatic rings. The van der Waals surface area contributed by atoms with E-state index < -0.39 is 0 Å². The van der Waals surface area contributed by atoms with Gasteiger partial charge in [0, 0.05) is 55.9 Å². The van der Waals surface area contributed by atoms with Crippen LogP contribution in [0, 0.1) is 0 Å². The summed E-state index contributed by atoms with van der Waals surface area (Å²) in [5, 5.41) is 4.47. The zero-order valence-electron chi connectivity index (χ0n) is 30.4. The van der Waals surface area contributed by atoms with Crippen LogP contribution in [0.3, 0.4) is 0 Å². The van der Waals surface area contributed by atoms with Crippen molar-refractivity contribution in [2.45, 2.75) is 12.3 Å². The van der Waals surface area contributed by atoms with Crippen molar-refractivity contribution < 1.29 is 4.42 Å². The van der Waals surface area contributed by atoms with Crippen LogP contribution in [0.1, 0.15) is 17.9 Å². The van der Waals surface area contributed by atoms with Gasteiger partial charge < -0.3 is 8.98 Å². The Morgan fingerprint density at radius 2 is 1.20 bits per heavy atom. The lowest BCUT2D eigenvalue weighted by Gasteiger charge is -2.14. The Labute approximate surface area is 323 Å². The molecule has 5 nitrogen and oxygen atoms in total. The lowest BCUT2D eigenvalue weighted by molar-refractivity contribution is 0.668. The SMILES string of the molecule is C1=CCC(c2ccc3c(c2)c2ccccc2n3-c2ccc3c(c2)oc2cccc(-c4nc(-c5ccccc5)nc(-c5cccc(-c6ccccc6)c5)n4)c23)C=C1. The van der Waals surface area contributed by atoms with E-state index in [2.05, 4.69) is 144 Å². The molecule has 1 atom stereocenters. The Balaban J connectivity index is 1.06. The Morgan fingerprint density at radius 1 is 0.482 bits per heavy atom. The van der Waals surface area contributed by atoms with Crippen molar-refractivity contribution in [3.8, 4) is 51.0 Å². The fraction of sp³-hybridized carbons (Fsp3) is 0.0392. The fourth-order valence-electron chi connectivity index (χ4n) is 8.28. The van der Waals surface area contributed by atoms with E-state index >= 15 is 0 Å². The molecule has 3 heterocycles. The Morgan fingerprint density at radius 3 is 2.04 bits per heavy atom. The van der Waals surface area contributed by atoms with E-state index in [1.165, 1.54) is 21.9 Å². The molecule has 0 bridgehead atoms. The van der Waals surface area contributed by atoms with Crippen LogP contribution in [0.25, 0.3) is 94.7 Å². The van der Waals surface area contributed by atoms with E-state index in [9.17, 15) is 0 Å². The molecule has 3 aromatic heterocycles. The summed E-state index contributed by atoms with van der Waals surface area (Å²) in [6.45, 7) is 0. The normalized spacial score (nSPS) is 14.0. The van der Waals surface area contributed by atoms with Crippen molar-refractivity contribution in [3.63, 3.8) is 0 Å². The minimum atomic E-state index is 0.385. The van der Waals surface area contributed by atoms with Gasteiger partial charge in [-0.25, -0.2) is 15.0 Å². The molecule has 1 aliphatic rings. The van der Waals surface area contributed by atoms with E-state index in [4.69, 9.17) is 19.4 Å². The second kappa shape index (κ2) is 13.2. The molecule has 0 fully saturated rings. The predicted molar refractivity (Wildman–Crippen MR) is 229 cm³/mol. The second-order valence-electron chi connectivity index (χ2n) is 14.4. The summed E-state index contributed by atoms with van der Waals surface area (Å²) in [7, 11) is 0. The number of allylic oxidation sites excluding steroid dienone is 4. The molecule has 11 rings (SSSR count). The highest BCUT2D eigenvalue weighted by Crippen LogP contribution is 2.40. The van der Waals surface area contributed by atoms with Gasteiger partial charge in [0.15, 0.2) is 17.5 Å². The molecular formula is C51H34N4O. The summed E-state index contributed by atoms with van der Waals surface area (Å²) in [6.07, 6.45) is 9.86. The maximum Gasteiger partial charge on any atom is 0.164 e. The highest BCUT2D eigenvalue weighted by molar-refractivity contribution is 6.13. The lowest BCUT2D eigenvalue weighted by Crippen LogP contribution is -2.00. The lowest BCUT2D eigenvalue weighted by atomic mass is 9.91. The number of nitrogens with zero attached hydrogens (tertiary/aromatic N) is 4. The first-order chi connectivity index (χ1) is 27.7. The van der Waals surface area contributed by atoms with Gasteiger partial charge in [0.1, 0.15) is 11.2 Å². The van der Waals surface area contributed by atoms with E-state index in [0.717, 1.165) is 67.4 Å². The molecule has 56 heavy (non-hydrogen) atoms. The molecule has 0 saturated carbocycles. The summed E-state index contributed by atoms with van der Waals surface area (Å²) in [5.41, 5.74) is 11.3. The van der Waals surface area contributed by atoms with Crippen molar-refractivity contribution in [1.29, 1.82) is 0 Å². The average Bonchev–Trinajstić information content (AvgIpc) is 3.82. The molecule has 7 aromatic carbocycles. The van der Waals surface area contributed by atoms with Crippen LogP contribution in [0.5, 0.6) is 0 Å². The maximum atomic E-state index is 6.67. The number of fused-ring (bicyclic) bond motifs is 6. The highest BCUT2D eigenvalue weighted by Gasteiger charge is 2.20. The number of aromatic nitrogens is 4. The number of furan rings is 1. The Bertz CT molecular complexity index is 3170. The zero-order chi connectivity index (χ0) is 37.0. The smallest absolute Gasteiger partial charge is 0.164 e. The summed E-state index contributed by atoms with van der Waals surface area (Å²) < 4.78 is 9.03. The summed E-state index contributed by atoms with van der Waals surface area (Å²) in [5.74, 6) is 2.21. The molecule has 264 valence electrons. The molecule has 0 aliphatic heterocycles. The first-order valence-corrected chi connectivity index (χ1v) is 19.0. The quantitative estimate of drug-likeness (QED) is 0.172. The van der Waals surface area contributed by atoms with Crippen LogP contribution >= 0.6 is 0 Å². The van der Waals surface area contributed by atoms with Crippen LogP contribution in [0.2, 0.25) is 0 Å². The average molecular weight is 719 g/mol. The standard InChI is InChI=1S/C51H34N4O/c1-4-14-33(15-5-1)36-20-12-21-38(30-36)50-52-49(35-18-8-3-9-19-35)53-51(54-50)42-23-13-25-46-48(42)41-28-27-39(32-47(41)56-46)55-44-24-11-10-22-40(44)43-31-37(26-29-45(43)55)34-16-6-2-7-17-34/h1-16,18-32,34H,17H2. The predicted octanol–water partition coefficient (Wildman–Crippen LogP) is 13.1. The van der Waals surface area contributed by atoms with Crippen LogP contribution in [-0.4, -0.2) is 19.5 Å². The molecule has 0 radical (unpaired) electrons. The topological polar surface area (TPSA) is 56.7 Å². The van der Waals surface area contributed by atoms with Gasteiger partial charge in [-0.3, -0.25) is 0 Å². The van der Waals surface area contributed by atoms with Gasteiger partial charge in [0.05, 0.1) is 11.0 Å². The van der Waals surface area contributed by atoms with Crippen molar-refractivity contribution in [3.05, 3.63) is 194 Å². The number of hydrogen-bond donors (Lipinski definition) is 0. The van der Waals surface area contributed by atoms with Gasteiger partial charge in [0.25, 0.3) is 0 Å². The van der Waals surface area contributed by atoms with Gasteiger partial charge in [-0.05, 0) is 65.6 Å². The molecule has 0 N–H and O–H groups in total. The third kappa shape index (κ3) is 5.44. The second-order valence-corrected chi connectivity index (χ2v) is 14.4. The summed E-state index contributed by atoms with van der Waals surface area (Å²) >= 11 is 0. The zero-order valence-corrected chi connectivity index (χ0v) is 30.4. The molecule has 0 amide bonds. The summed E-state index contributed by atoms with van der Waals surface area (Å²) in [4.78, 5) is 15.3. The van der Waals surface area contributed by atoms with Gasteiger partial charge in [-0.1, -0.05) is 140 Å². The third-order valence-corrected chi connectivity index (χ3v) is 11.0. The Kier molecular flexibility index (Phi) is 7.56. The molecule has 0 spiro atoms. The van der Waals surface area contributed by atoms with E-state index in [0.29, 0.717) is 23.4 Å². The number of para-hydroxylation sites is 1. The number of benzene rings is 7. The number of rotatable bonds is 6. The van der Waals surface area contributed by atoms with E-state index in [1.54, 1.807) is 0 Å². The van der Waals surface area contributed by atoms with E-state index in [-0.39, 0.29) is 0 Å². The van der Waals surface area contributed by atoms with Crippen molar-refractivity contribution in [2.75, 3.05) is 0 Å². The third-order valence-electron chi connectivity index (χ3n) is 11.0. The van der Waals surface area contributed by atoms with Crippen LogP contribution in [0.4, 0.5) is 0 Å². The van der Waals surface area contributed by atoms with Crippen molar-refractivity contribution in [1.82, 2.24) is 19.5 Å². The fourth-order valence-corrected chi connectivity index (χ4v) is 8.28. The monoisotopic (exact) mass is 718 g/mol.